The second-order valence-corrected chi connectivity index (χ2v) is 12.2. The largest absolute Gasteiger partial charge is 0.236 e. The third-order valence-corrected chi connectivity index (χ3v) is 9.39. The molecule has 1 aromatic heterocycles. The maximum atomic E-state index is 4.76. The molecular weight excluding hydrogens is 581 g/mol. The molecule has 48 heavy (non-hydrogen) atoms. The number of aromatic nitrogens is 2. The topological polar surface area (TPSA) is 25.8 Å². The van der Waals surface area contributed by atoms with Crippen LogP contribution >= 0.6 is 0 Å². The van der Waals surface area contributed by atoms with Gasteiger partial charge in [0.1, 0.15) is 6.33 Å². The standard InChI is InChI=1S/C46H30N2/c1-2-12-31(13-3-1)32-14-11-17-36(27-32)45-29-46(48-30-47-45)43-23-9-4-18-37(43)35-16-10-15-33(26-35)34-24-25-42-40-21-6-5-19-38(40)39-20-7-8-22-41(39)44(42)28-34/h1-30H. The summed E-state index contributed by atoms with van der Waals surface area (Å²) < 4.78 is 0. The molecule has 0 aliphatic heterocycles. The minimum atomic E-state index is 0.898. The molecule has 0 aliphatic carbocycles. The fraction of sp³-hybridized carbons (Fsp3) is 0. The Balaban J connectivity index is 1.12. The highest BCUT2D eigenvalue weighted by Gasteiger charge is 2.13. The predicted molar refractivity (Wildman–Crippen MR) is 202 cm³/mol. The first-order valence-corrected chi connectivity index (χ1v) is 16.3. The first-order chi connectivity index (χ1) is 23.8. The third-order valence-electron chi connectivity index (χ3n) is 9.39. The summed E-state index contributed by atoms with van der Waals surface area (Å²) in [5.74, 6) is 0. The lowest BCUT2D eigenvalue weighted by molar-refractivity contribution is 1.18. The van der Waals surface area contributed by atoms with Gasteiger partial charge in [-0.3, -0.25) is 0 Å². The maximum absolute atomic E-state index is 4.76. The van der Waals surface area contributed by atoms with Gasteiger partial charge in [-0.15, -0.1) is 0 Å². The van der Waals surface area contributed by atoms with Crippen LogP contribution in [0, 0.1) is 0 Å². The Morgan fingerprint density at radius 1 is 0.250 bits per heavy atom. The molecule has 1 heterocycles. The Labute approximate surface area is 279 Å². The van der Waals surface area contributed by atoms with Crippen molar-refractivity contribution in [3.05, 3.63) is 182 Å². The zero-order chi connectivity index (χ0) is 31.9. The number of nitrogens with zero attached hydrogens (tertiary/aromatic N) is 2. The van der Waals surface area contributed by atoms with Crippen molar-refractivity contribution < 1.29 is 0 Å². The van der Waals surface area contributed by atoms with Crippen LogP contribution in [0.4, 0.5) is 0 Å². The Morgan fingerprint density at radius 3 is 1.46 bits per heavy atom. The van der Waals surface area contributed by atoms with Gasteiger partial charge in [0.25, 0.3) is 0 Å². The number of benzene rings is 8. The summed E-state index contributed by atoms with van der Waals surface area (Å²) >= 11 is 0. The molecule has 0 atom stereocenters. The van der Waals surface area contributed by atoms with Crippen LogP contribution in [-0.4, -0.2) is 9.97 Å². The van der Waals surface area contributed by atoms with E-state index in [1.54, 1.807) is 6.33 Å². The average Bonchev–Trinajstić information content (AvgIpc) is 3.18. The summed E-state index contributed by atoms with van der Waals surface area (Å²) in [6.45, 7) is 0. The molecule has 0 aliphatic rings. The van der Waals surface area contributed by atoms with Crippen molar-refractivity contribution >= 4 is 32.3 Å². The number of hydrogen-bond acceptors (Lipinski definition) is 2. The minimum Gasteiger partial charge on any atom is -0.236 e. The van der Waals surface area contributed by atoms with E-state index in [-0.39, 0.29) is 0 Å². The highest BCUT2D eigenvalue weighted by atomic mass is 14.8. The van der Waals surface area contributed by atoms with E-state index in [1.165, 1.54) is 54.6 Å². The van der Waals surface area contributed by atoms with Crippen LogP contribution in [-0.2, 0) is 0 Å². The second-order valence-electron chi connectivity index (χ2n) is 12.2. The highest BCUT2D eigenvalue weighted by Crippen LogP contribution is 2.39. The van der Waals surface area contributed by atoms with Gasteiger partial charge in [0.05, 0.1) is 11.4 Å². The van der Waals surface area contributed by atoms with Gasteiger partial charge in [-0.2, -0.15) is 0 Å². The highest BCUT2D eigenvalue weighted by molar-refractivity contribution is 6.25. The van der Waals surface area contributed by atoms with Gasteiger partial charge in [-0.05, 0) is 90.0 Å². The van der Waals surface area contributed by atoms with Crippen LogP contribution in [0.25, 0.3) is 88.2 Å². The molecule has 9 rings (SSSR count). The van der Waals surface area contributed by atoms with Gasteiger partial charge in [0.2, 0.25) is 0 Å². The lowest BCUT2D eigenvalue weighted by atomic mass is 9.91. The molecule has 224 valence electrons. The van der Waals surface area contributed by atoms with E-state index >= 15 is 0 Å². The fourth-order valence-electron chi connectivity index (χ4n) is 7.06. The molecular formula is C46H30N2. The lowest BCUT2D eigenvalue weighted by Gasteiger charge is -2.14. The van der Waals surface area contributed by atoms with E-state index in [2.05, 4.69) is 175 Å². The Bertz CT molecular complexity index is 2580. The van der Waals surface area contributed by atoms with E-state index in [0.717, 1.165) is 33.6 Å². The summed E-state index contributed by atoms with van der Waals surface area (Å²) in [7, 11) is 0. The summed E-state index contributed by atoms with van der Waals surface area (Å²) in [6.07, 6.45) is 1.68. The molecule has 0 radical (unpaired) electrons. The zero-order valence-corrected chi connectivity index (χ0v) is 26.2. The summed E-state index contributed by atoms with van der Waals surface area (Å²) in [5.41, 5.74) is 11.0. The van der Waals surface area contributed by atoms with Crippen LogP contribution < -0.4 is 0 Å². The second kappa shape index (κ2) is 11.8. The third kappa shape index (κ3) is 4.92. The van der Waals surface area contributed by atoms with Gasteiger partial charge >= 0.3 is 0 Å². The monoisotopic (exact) mass is 610 g/mol. The van der Waals surface area contributed by atoms with Crippen LogP contribution in [0.2, 0.25) is 0 Å². The molecule has 0 spiro atoms. The smallest absolute Gasteiger partial charge is 0.116 e. The summed E-state index contributed by atoms with van der Waals surface area (Å²) in [6, 6.07) is 62.9. The van der Waals surface area contributed by atoms with Crippen molar-refractivity contribution in [1.82, 2.24) is 9.97 Å². The SMILES string of the molecule is c1ccc(-c2cccc(-c3cc(-c4ccccc4-c4cccc(-c5ccc6c7ccccc7c7ccccc7c6c5)c4)ncn3)c2)cc1. The van der Waals surface area contributed by atoms with Gasteiger partial charge in [-0.1, -0.05) is 152 Å². The number of rotatable bonds is 5. The van der Waals surface area contributed by atoms with Gasteiger partial charge in [0, 0.05) is 11.1 Å². The minimum absolute atomic E-state index is 0.898. The first-order valence-electron chi connectivity index (χ1n) is 16.3. The van der Waals surface area contributed by atoms with Crippen LogP contribution in [0.5, 0.6) is 0 Å². The predicted octanol–water partition coefficient (Wildman–Crippen LogP) is 12.3. The van der Waals surface area contributed by atoms with Crippen molar-refractivity contribution in [2.75, 3.05) is 0 Å². The number of hydrogen-bond donors (Lipinski definition) is 0. The normalized spacial score (nSPS) is 11.3. The van der Waals surface area contributed by atoms with E-state index in [9.17, 15) is 0 Å². The van der Waals surface area contributed by atoms with Crippen LogP contribution in [0.15, 0.2) is 182 Å². The molecule has 0 N–H and O–H groups in total. The zero-order valence-electron chi connectivity index (χ0n) is 26.2. The van der Waals surface area contributed by atoms with Crippen LogP contribution in [0.3, 0.4) is 0 Å². The van der Waals surface area contributed by atoms with Gasteiger partial charge in [0.15, 0.2) is 0 Å². The molecule has 0 fully saturated rings. The van der Waals surface area contributed by atoms with E-state index in [1.807, 2.05) is 6.07 Å². The van der Waals surface area contributed by atoms with Crippen molar-refractivity contribution in [1.29, 1.82) is 0 Å². The molecule has 8 aromatic carbocycles. The summed E-state index contributed by atoms with van der Waals surface area (Å²) in [4.78, 5) is 9.44. The quantitative estimate of drug-likeness (QED) is 0.181. The Hall–Kier alpha value is -6.38. The molecule has 2 nitrogen and oxygen atoms in total. The van der Waals surface area contributed by atoms with Crippen molar-refractivity contribution in [3.8, 4) is 55.9 Å². The Kier molecular flexibility index (Phi) is 6.84. The molecule has 0 bridgehead atoms. The van der Waals surface area contributed by atoms with Gasteiger partial charge in [-0.25, -0.2) is 9.97 Å². The molecule has 0 saturated carbocycles. The Morgan fingerprint density at radius 2 is 0.729 bits per heavy atom. The molecule has 2 heteroatoms. The average molecular weight is 611 g/mol. The van der Waals surface area contributed by atoms with E-state index < -0.39 is 0 Å². The van der Waals surface area contributed by atoms with Crippen molar-refractivity contribution in [2.45, 2.75) is 0 Å². The van der Waals surface area contributed by atoms with Crippen molar-refractivity contribution in [2.24, 2.45) is 0 Å². The lowest BCUT2D eigenvalue weighted by Crippen LogP contribution is -1.92. The number of fused-ring (bicyclic) bond motifs is 6. The molecule has 9 aromatic rings. The van der Waals surface area contributed by atoms with E-state index in [4.69, 9.17) is 4.98 Å². The summed E-state index contributed by atoms with van der Waals surface area (Å²) in [5, 5.41) is 7.71. The molecule has 0 amide bonds. The first kappa shape index (κ1) is 27.9. The van der Waals surface area contributed by atoms with Gasteiger partial charge < -0.3 is 0 Å². The molecule has 0 saturated heterocycles. The van der Waals surface area contributed by atoms with Crippen LogP contribution in [0.1, 0.15) is 0 Å². The fourth-order valence-corrected chi connectivity index (χ4v) is 7.06. The molecule has 0 unspecified atom stereocenters. The maximum Gasteiger partial charge on any atom is 0.116 e. The van der Waals surface area contributed by atoms with E-state index in [0.29, 0.717) is 0 Å². The van der Waals surface area contributed by atoms with Crippen molar-refractivity contribution in [3.63, 3.8) is 0 Å².